The Hall–Kier alpha value is -0.310. The minimum atomic E-state index is 0.600. The Balaban J connectivity index is 2.51. The summed E-state index contributed by atoms with van der Waals surface area (Å²) in [5, 5.41) is 0. The van der Waals surface area contributed by atoms with E-state index in [4.69, 9.17) is 0 Å². The third kappa shape index (κ3) is 3.45. The molecule has 2 nitrogen and oxygen atoms in total. The molecular weight excluding hydrogens is 240 g/mol. The maximum atomic E-state index is 4.38. The van der Waals surface area contributed by atoms with Crippen LogP contribution in [0.5, 0.6) is 0 Å². The second kappa shape index (κ2) is 5.54. The lowest BCUT2D eigenvalue weighted by Crippen LogP contribution is -2.10. The molecule has 0 amide bonds. The Bertz CT molecular complexity index is 268. The highest BCUT2D eigenvalue weighted by atomic mass is 79.9. The van der Waals surface area contributed by atoms with E-state index in [9.17, 15) is 0 Å². The monoisotopic (exact) mass is 258 g/mol. The minimum absolute atomic E-state index is 0.600. The smallest absolute Gasteiger partial charge is 0.108 e. The van der Waals surface area contributed by atoms with E-state index in [1.165, 1.54) is 12.2 Å². The summed E-state index contributed by atoms with van der Waals surface area (Å²) in [6.07, 6.45) is 6.23. The Morgan fingerprint density at radius 1 is 1.50 bits per heavy atom. The molecule has 0 bridgehead atoms. The van der Waals surface area contributed by atoms with Gasteiger partial charge in [0.25, 0.3) is 0 Å². The van der Waals surface area contributed by atoms with E-state index >= 15 is 0 Å². The molecule has 0 spiro atoms. The van der Waals surface area contributed by atoms with Crippen LogP contribution in [0, 0.1) is 5.92 Å². The summed E-state index contributed by atoms with van der Waals surface area (Å²) in [4.78, 5) is 4.98. The first kappa shape index (κ1) is 11.8. The van der Waals surface area contributed by atoms with Gasteiger partial charge in [0.05, 0.1) is 0 Å². The normalized spacial score (nSPS) is 15.4. The van der Waals surface area contributed by atoms with Gasteiger partial charge in [0, 0.05) is 30.2 Å². The second-order valence-electron chi connectivity index (χ2n) is 3.96. The standard InChI is InChI=1S/C11H19BrN2/c1-4-14-6-5-13-11(14)8-9(2)7-10(3)12/h5-6,9-10H,4,7-8H2,1-3H3. The van der Waals surface area contributed by atoms with E-state index in [0.717, 1.165) is 13.0 Å². The summed E-state index contributed by atoms with van der Waals surface area (Å²) in [5.74, 6) is 1.91. The van der Waals surface area contributed by atoms with Crippen molar-refractivity contribution in [2.45, 2.75) is 45.0 Å². The number of rotatable bonds is 5. The summed E-state index contributed by atoms with van der Waals surface area (Å²) in [5.41, 5.74) is 0. The molecule has 0 aliphatic carbocycles. The van der Waals surface area contributed by atoms with Gasteiger partial charge in [-0.15, -0.1) is 0 Å². The molecule has 1 rings (SSSR count). The van der Waals surface area contributed by atoms with Crippen molar-refractivity contribution in [3.63, 3.8) is 0 Å². The first-order chi connectivity index (χ1) is 6.63. The van der Waals surface area contributed by atoms with Crippen molar-refractivity contribution in [2.24, 2.45) is 5.92 Å². The number of hydrogen-bond donors (Lipinski definition) is 0. The van der Waals surface area contributed by atoms with Gasteiger partial charge in [-0.05, 0) is 19.3 Å². The van der Waals surface area contributed by atoms with Crippen LogP contribution in [0.3, 0.4) is 0 Å². The largest absolute Gasteiger partial charge is 0.335 e. The van der Waals surface area contributed by atoms with Gasteiger partial charge in [-0.2, -0.15) is 0 Å². The molecule has 1 aromatic heterocycles. The predicted molar refractivity (Wildman–Crippen MR) is 63.8 cm³/mol. The molecule has 0 fully saturated rings. The topological polar surface area (TPSA) is 17.8 Å². The Morgan fingerprint density at radius 3 is 2.79 bits per heavy atom. The molecule has 14 heavy (non-hydrogen) atoms. The van der Waals surface area contributed by atoms with E-state index in [1.807, 2.05) is 6.20 Å². The maximum Gasteiger partial charge on any atom is 0.108 e. The van der Waals surface area contributed by atoms with E-state index in [1.54, 1.807) is 0 Å². The first-order valence-corrected chi connectivity index (χ1v) is 6.19. The lowest BCUT2D eigenvalue weighted by atomic mass is 10.0. The van der Waals surface area contributed by atoms with Gasteiger partial charge in [-0.1, -0.05) is 29.8 Å². The van der Waals surface area contributed by atoms with Gasteiger partial charge in [0.15, 0.2) is 0 Å². The number of aryl methyl sites for hydroxylation is 1. The van der Waals surface area contributed by atoms with E-state index < -0.39 is 0 Å². The average Bonchev–Trinajstić information content (AvgIpc) is 2.50. The highest BCUT2D eigenvalue weighted by Crippen LogP contribution is 2.16. The van der Waals surface area contributed by atoms with Gasteiger partial charge >= 0.3 is 0 Å². The summed E-state index contributed by atoms with van der Waals surface area (Å²) in [6.45, 7) is 7.66. The van der Waals surface area contributed by atoms with E-state index in [2.05, 4.69) is 52.4 Å². The number of halogens is 1. The highest BCUT2D eigenvalue weighted by molar-refractivity contribution is 9.09. The van der Waals surface area contributed by atoms with Gasteiger partial charge in [0.1, 0.15) is 5.82 Å². The molecular formula is C11H19BrN2. The SMILES string of the molecule is CCn1ccnc1CC(C)CC(C)Br. The third-order valence-corrected chi connectivity index (χ3v) is 2.77. The number of nitrogens with zero attached hydrogens (tertiary/aromatic N) is 2. The van der Waals surface area contributed by atoms with Gasteiger partial charge in [-0.25, -0.2) is 4.98 Å². The summed E-state index contributed by atoms with van der Waals surface area (Å²) >= 11 is 3.59. The molecule has 1 aromatic rings. The minimum Gasteiger partial charge on any atom is -0.335 e. The zero-order valence-corrected chi connectivity index (χ0v) is 10.8. The fourth-order valence-electron chi connectivity index (χ4n) is 1.77. The number of alkyl halides is 1. The van der Waals surface area contributed by atoms with E-state index in [0.29, 0.717) is 10.7 Å². The molecule has 1 heterocycles. The van der Waals surface area contributed by atoms with Crippen LogP contribution in [0.25, 0.3) is 0 Å². The molecule has 80 valence electrons. The quantitative estimate of drug-likeness (QED) is 0.742. The lowest BCUT2D eigenvalue weighted by molar-refractivity contribution is 0.504. The zero-order valence-electron chi connectivity index (χ0n) is 9.20. The number of imidazole rings is 1. The Kier molecular flexibility index (Phi) is 4.66. The van der Waals surface area contributed by atoms with Crippen LogP contribution >= 0.6 is 15.9 Å². The lowest BCUT2D eigenvalue weighted by Gasteiger charge is -2.13. The van der Waals surface area contributed by atoms with Crippen LogP contribution < -0.4 is 0 Å². The second-order valence-corrected chi connectivity index (χ2v) is 5.52. The molecule has 0 saturated carbocycles. The molecule has 2 atom stereocenters. The summed E-state index contributed by atoms with van der Waals surface area (Å²) in [6, 6.07) is 0. The average molecular weight is 259 g/mol. The first-order valence-electron chi connectivity index (χ1n) is 5.27. The van der Waals surface area contributed by atoms with Crippen molar-refractivity contribution in [3.8, 4) is 0 Å². The zero-order chi connectivity index (χ0) is 10.6. The van der Waals surface area contributed by atoms with Crippen LogP contribution in [0.2, 0.25) is 0 Å². The van der Waals surface area contributed by atoms with E-state index in [-0.39, 0.29) is 0 Å². The highest BCUT2D eigenvalue weighted by Gasteiger charge is 2.10. The molecule has 0 aliphatic heterocycles. The summed E-state index contributed by atoms with van der Waals surface area (Å²) in [7, 11) is 0. The molecule has 0 saturated heterocycles. The molecule has 3 heteroatoms. The van der Waals surface area contributed by atoms with Crippen molar-refractivity contribution in [3.05, 3.63) is 18.2 Å². The van der Waals surface area contributed by atoms with Crippen LogP contribution in [-0.4, -0.2) is 14.4 Å². The Labute approximate surface area is 94.9 Å². The van der Waals surface area contributed by atoms with Crippen molar-refractivity contribution in [1.29, 1.82) is 0 Å². The third-order valence-electron chi connectivity index (χ3n) is 2.40. The molecule has 2 unspecified atom stereocenters. The van der Waals surface area contributed by atoms with Crippen LogP contribution in [0.4, 0.5) is 0 Å². The molecule has 0 N–H and O–H groups in total. The fraction of sp³-hybridized carbons (Fsp3) is 0.727. The number of hydrogen-bond acceptors (Lipinski definition) is 1. The fourth-order valence-corrected chi connectivity index (χ4v) is 2.41. The van der Waals surface area contributed by atoms with Crippen molar-refractivity contribution in [2.75, 3.05) is 0 Å². The Morgan fingerprint density at radius 2 is 2.21 bits per heavy atom. The van der Waals surface area contributed by atoms with Crippen molar-refractivity contribution in [1.82, 2.24) is 9.55 Å². The van der Waals surface area contributed by atoms with Gasteiger partial charge in [-0.3, -0.25) is 0 Å². The predicted octanol–water partition coefficient (Wildman–Crippen LogP) is 3.26. The molecule has 0 aromatic carbocycles. The molecule has 0 aliphatic rings. The van der Waals surface area contributed by atoms with Crippen LogP contribution in [0.15, 0.2) is 12.4 Å². The van der Waals surface area contributed by atoms with Crippen LogP contribution in [-0.2, 0) is 13.0 Å². The van der Waals surface area contributed by atoms with Crippen molar-refractivity contribution < 1.29 is 0 Å². The van der Waals surface area contributed by atoms with Crippen molar-refractivity contribution >= 4 is 15.9 Å². The molecule has 0 radical (unpaired) electrons. The van der Waals surface area contributed by atoms with Gasteiger partial charge in [0.2, 0.25) is 0 Å². The van der Waals surface area contributed by atoms with Gasteiger partial charge < -0.3 is 4.57 Å². The summed E-state index contributed by atoms with van der Waals surface area (Å²) < 4.78 is 2.22. The number of aromatic nitrogens is 2. The van der Waals surface area contributed by atoms with Crippen LogP contribution in [0.1, 0.15) is 33.0 Å². The maximum absolute atomic E-state index is 4.38.